The Kier molecular flexibility index (Phi) is 8.96. The number of carbonyl (C=O) groups excluding carboxylic acids is 2. The van der Waals surface area contributed by atoms with E-state index >= 15 is 0 Å². The molecule has 0 spiro atoms. The van der Waals surface area contributed by atoms with E-state index in [4.69, 9.17) is 23.7 Å². The fourth-order valence-electron chi connectivity index (χ4n) is 3.87. The highest BCUT2D eigenvalue weighted by molar-refractivity contribution is 5.73. The highest BCUT2D eigenvalue weighted by Crippen LogP contribution is 2.30. The van der Waals surface area contributed by atoms with Gasteiger partial charge in [-0.25, -0.2) is 0 Å². The number of hydrogen-bond donors (Lipinski definition) is 7. The van der Waals surface area contributed by atoms with Crippen LogP contribution in [0.15, 0.2) is 0 Å². The van der Waals surface area contributed by atoms with E-state index in [1.54, 1.807) is 0 Å². The first-order valence-electron chi connectivity index (χ1n) is 10.7. The second-order valence-corrected chi connectivity index (χ2v) is 8.26. The molecular weight excluding hydrogens is 448 g/mol. The second kappa shape index (κ2) is 11.3. The molecule has 3 heterocycles. The summed E-state index contributed by atoms with van der Waals surface area (Å²) >= 11 is 0. The molecule has 3 aliphatic heterocycles. The summed E-state index contributed by atoms with van der Waals surface area (Å²) in [6.07, 6.45) is -11.0. The van der Waals surface area contributed by atoms with Crippen LogP contribution in [0.3, 0.4) is 0 Å². The number of ether oxygens (including phenoxy) is 5. The van der Waals surface area contributed by atoms with Crippen molar-refractivity contribution in [2.75, 3.05) is 26.4 Å². The molecule has 190 valence electrons. The van der Waals surface area contributed by atoms with Crippen molar-refractivity contribution in [3.63, 3.8) is 0 Å². The number of epoxide rings is 1. The van der Waals surface area contributed by atoms with Crippen molar-refractivity contribution >= 4 is 11.8 Å². The first-order valence-corrected chi connectivity index (χ1v) is 10.7. The number of aliphatic hydroxyl groups excluding tert-OH is 5. The zero-order valence-corrected chi connectivity index (χ0v) is 18.3. The van der Waals surface area contributed by atoms with Crippen LogP contribution in [0.5, 0.6) is 0 Å². The molecule has 14 heteroatoms. The van der Waals surface area contributed by atoms with Crippen LogP contribution < -0.4 is 10.6 Å². The normalized spacial score (nSPS) is 43.1. The van der Waals surface area contributed by atoms with Crippen molar-refractivity contribution in [3.8, 4) is 0 Å². The van der Waals surface area contributed by atoms with Gasteiger partial charge in [-0.2, -0.15) is 0 Å². The molecular formula is C19H32N2O12. The minimum atomic E-state index is -1.57. The fourth-order valence-corrected chi connectivity index (χ4v) is 3.87. The van der Waals surface area contributed by atoms with Crippen molar-refractivity contribution in [1.82, 2.24) is 10.6 Å². The van der Waals surface area contributed by atoms with Gasteiger partial charge in [0.1, 0.15) is 54.8 Å². The minimum Gasteiger partial charge on any atom is -0.394 e. The van der Waals surface area contributed by atoms with Crippen molar-refractivity contribution in [3.05, 3.63) is 0 Å². The lowest BCUT2D eigenvalue weighted by Crippen LogP contribution is -2.69. The Hall–Kier alpha value is -1.46. The molecule has 3 saturated heterocycles. The maximum absolute atomic E-state index is 11.7. The molecule has 0 aromatic carbocycles. The molecule has 0 unspecified atom stereocenters. The van der Waals surface area contributed by atoms with Crippen LogP contribution in [0, 0.1) is 0 Å². The van der Waals surface area contributed by atoms with Gasteiger partial charge in [0, 0.05) is 13.8 Å². The van der Waals surface area contributed by atoms with Gasteiger partial charge in [0.15, 0.2) is 12.6 Å². The Balaban J connectivity index is 1.80. The summed E-state index contributed by atoms with van der Waals surface area (Å²) in [7, 11) is 0. The molecule has 0 saturated carbocycles. The van der Waals surface area contributed by atoms with E-state index in [1.807, 2.05) is 0 Å². The number of aliphatic hydroxyl groups is 5. The lowest BCUT2D eigenvalue weighted by molar-refractivity contribution is -0.332. The van der Waals surface area contributed by atoms with Gasteiger partial charge in [-0.15, -0.1) is 0 Å². The summed E-state index contributed by atoms with van der Waals surface area (Å²) in [4.78, 5) is 23.4. The maximum Gasteiger partial charge on any atom is 0.217 e. The van der Waals surface area contributed by atoms with Crippen LogP contribution in [-0.2, 0) is 33.3 Å². The number of hydrogen-bond acceptors (Lipinski definition) is 12. The number of carbonyl (C=O) groups is 2. The Morgan fingerprint density at radius 3 is 1.94 bits per heavy atom. The molecule has 0 aromatic rings. The van der Waals surface area contributed by atoms with E-state index in [0.29, 0.717) is 6.61 Å². The molecule has 7 N–H and O–H groups in total. The molecule has 0 aromatic heterocycles. The quantitative estimate of drug-likeness (QED) is 0.155. The number of amides is 2. The molecule has 14 nitrogen and oxygen atoms in total. The fraction of sp³-hybridized carbons (Fsp3) is 0.895. The molecule has 0 aliphatic carbocycles. The highest BCUT2D eigenvalue weighted by atomic mass is 16.7. The van der Waals surface area contributed by atoms with Crippen molar-refractivity contribution in [1.29, 1.82) is 0 Å². The van der Waals surface area contributed by atoms with E-state index in [1.165, 1.54) is 13.8 Å². The van der Waals surface area contributed by atoms with Crippen LogP contribution in [0.4, 0.5) is 0 Å². The smallest absolute Gasteiger partial charge is 0.217 e. The SMILES string of the molecule is CC(=O)N[C@H]1[C@H](OC[C@H]2CO2)O[C@H](CO)[C@@H](O[C@@H]2O[C@H](CO)[C@@H](O)[C@H](O)[C@H]2NC(C)=O)[C@@H]1O. The van der Waals surface area contributed by atoms with Crippen molar-refractivity contribution < 1.29 is 58.8 Å². The molecule has 3 rings (SSSR count). The topological polar surface area (TPSA) is 209 Å². The Morgan fingerprint density at radius 1 is 0.879 bits per heavy atom. The summed E-state index contributed by atoms with van der Waals surface area (Å²) in [6, 6.07) is -2.37. The average molecular weight is 480 g/mol. The zero-order valence-electron chi connectivity index (χ0n) is 18.3. The molecule has 2 amide bonds. The van der Waals surface area contributed by atoms with Gasteiger partial charge in [0.25, 0.3) is 0 Å². The van der Waals surface area contributed by atoms with Gasteiger partial charge in [-0.05, 0) is 0 Å². The van der Waals surface area contributed by atoms with Crippen LogP contribution in [0.25, 0.3) is 0 Å². The highest BCUT2D eigenvalue weighted by Gasteiger charge is 2.52. The zero-order chi connectivity index (χ0) is 24.3. The largest absolute Gasteiger partial charge is 0.394 e. The predicted octanol–water partition coefficient (Wildman–Crippen LogP) is -4.69. The van der Waals surface area contributed by atoms with Crippen LogP contribution in [-0.4, -0.2) is 131 Å². The van der Waals surface area contributed by atoms with Crippen LogP contribution in [0.2, 0.25) is 0 Å². The Labute approximate surface area is 189 Å². The third-order valence-electron chi connectivity index (χ3n) is 5.61. The Morgan fingerprint density at radius 2 is 1.42 bits per heavy atom. The first kappa shape index (κ1) is 26.2. The lowest BCUT2D eigenvalue weighted by Gasteiger charge is -2.48. The summed E-state index contributed by atoms with van der Waals surface area (Å²) in [5, 5.41) is 55.9. The van der Waals surface area contributed by atoms with E-state index in [0.717, 1.165) is 0 Å². The molecule has 11 atom stereocenters. The van der Waals surface area contributed by atoms with Gasteiger partial charge >= 0.3 is 0 Å². The Bertz CT molecular complexity index is 679. The van der Waals surface area contributed by atoms with E-state index in [-0.39, 0.29) is 12.7 Å². The molecule has 33 heavy (non-hydrogen) atoms. The summed E-state index contributed by atoms with van der Waals surface area (Å²) in [6.45, 7) is 1.81. The van der Waals surface area contributed by atoms with Crippen LogP contribution in [0.1, 0.15) is 13.8 Å². The molecule has 3 aliphatic rings. The van der Waals surface area contributed by atoms with Gasteiger partial charge < -0.3 is 59.9 Å². The predicted molar refractivity (Wildman–Crippen MR) is 105 cm³/mol. The van der Waals surface area contributed by atoms with Crippen LogP contribution >= 0.6 is 0 Å². The third-order valence-corrected chi connectivity index (χ3v) is 5.61. The second-order valence-electron chi connectivity index (χ2n) is 8.26. The van der Waals surface area contributed by atoms with E-state index in [2.05, 4.69) is 10.6 Å². The molecule has 3 fully saturated rings. The van der Waals surface area contributed by atoms with Gasteiger partial charge in [0.05, 0.1) is 26.4 Å². The minimum absolute atomic E-state index is 0.123. The lowest BCUT2D eigenvalue weighted by atomic mass is 9.94. The van der Waals surface area contributed by atoms with Gasteiger partial charge in [-0.1, -0.05) is 0 Å². The first-order chi connectivity index (χ1) is 15.7. The van der Waals surface area contributed by atoms with Crippen molar-refractivity contribution in [2.45, 2.75) is 81.2 Å². The molecule has 0 radical (unpaired) electrons. The molecule has 0 bridgehead atoms. The average Bonchev–Trinajstić information content (AvgIpc) is 3.59. The number of rotatable bonds is 9. The number of nitrogens with one attached hydrogen (secondary N) is 2. The van der Waals surface area contributed by atoms with Gasteiger partial charge in [0.2, 0.25) is 11.8 Å². The summed E-state index contributed by atoms with van der Waals surface area (Å²) < 4.78 is 27.8. The summed E-state index contributed by atoms with van der Waals surface area (Å²) in [5.41, 5.74) is 0. The standard InChI is InChI=1S/C19H32N2O12/c1-7(24)20-12-15(27)14(26)10(3-22)31-19(12)33-17-11(4-23)32-18(30-6-9-5-29-9)13(16(17)28)21-8(2)25/h9-19,22-23,26-28H,3-6H2,1-2H3,(H,20,24)(H,21,25)/t9-,10-,11-,12-,13-,14-,15-,16-,17-,18-,19+/m1/s1. The summed E-state index contributed by atoms with van der Waals surface area (Å²) in [5.74, 6) is -1.04. The third kappa shape index (κ3) is 6.36. The van der Waals surface area contributed by atoms with E-state index < -0.39 is 86.3 Å². The van der Waals surface area contributed by atoms with Crippen molar-refractivity contribution in [2.24, 2.45) is 0 Å². The van der Waals surface area contributed by atoms with E-state index in [9.17, 15) is 35.1 Å². The maximum atomic E-state index is 11.7. The van der Waals surface area contributed by atoms with Gasteiger partial charge in [-0.3, -0.25) is 9.59 Å². The monoisotopic (exact) mass is 480 g/mol.